The normalized spacial score (nSPS) is 13.9. The summed E-state index contributed by atoms with van der Waals surface area (Å²) in [6.07, 6.45) is 5.49. The Morgan fingerprint density at radius 3 is 2.47 bits per heavy atom. The summed E-state index contributed by atoms with van der Waals surface area (Å²) in [5.41, 5.74) is 3.28. The van der Waals surface area contributed by atoms with E-state index < -0.39 is 0 Å². The third-order valence-electron chi connectivity index (χ3n) is 5.26. The average Bonchev–Trinajstić information content (AvgIpc) is 3.41. The van der Waals surface area contributed by atoms with Crippen molar-refractivity contribution in [2.45, 2.75) is 44.6 Å². The molecule has 5 nitrogen and oxygen atoms in total. The van der Waals surface area contributed by atoms with Gasteiger partial charge in [0, 0.05) is 29.1 Å². The maximum atomic E-state index is 12.4. The van der Waals surface area contributed by atoms with Gasteiger partial charge in [0.1, 0.15) is 0 Å². The summed E-state index contributed by atoms with van der Waals surface area (Å²) in [6, 6.07) is 17.5. The first-order valence-corrected chi connectivity index (χ1v) is 11.2. The van der Waals surface area contributed by atoms with Gasteiger partial charge in [0.15, 0.2) is 0 Å². The van der Waals surface area contributed by atoms with Crippen LogP contribution in [0.3, 0.4) is 0 Å². The number of nitrogens with one attached hydrogen (secondary N) is 2. The number of nitrogens with zero attached hydrogens (tertiary/aromatic N) is 1. The van der Waals surface area contributed by atoms with Gasteiger partial charge in [0.25, 0.3) is 5.91 Å². The number of carbonyl (C=O) groups excluding carboxylic acids is 2. The zero-order valence-corrected chi connectivity index (χ0v) is 17.6. The van der Waals surface area contributed by atoms with E-state index in [1.54, 1.807) is 35.6 Å². The lowest BCUT2D eigenvalue weighted by molar-refractivity contribution is -0.115. The minimum atomic E-state index is -0.116. The van der Waals surface area contributed by atoms with Gasteiger partial charge in [0.05, 0.1) is 17.1 Å². The summed E-state index contributed by atoms with van der Waals surface area (Å²) >= 11 is 1.58. The van der Waals surface area contributed by atoms with Gasteiger partial charge >= 0.3 is 0 Å². The topological polar surface area (TPSA) is 71.1 Å². The van der Waals surface area contributed by atoms with Crippen LogP contribution < -0.4 is 10.6 Å². The molecule has 1 heterocycles. The third kappa shape index (κ3) is 5.54. The molecule has 0 radical (unpaired) electrons. The lowest BCUT2D eigenvalue weighted by Gasteiger charge is -2.12. The second-order valence-electron chi connectivity index (χ2n) is 7.65. The van der Waals surface area contributed by atoms with Gasteiger partial charge < -0.3 is 10.6 Å². The molecule has 1 aliphatic carbocycles. The molecule has 0 saturated heterocycles. The van der Waals surface area contributed by atoms with Crippen molar-refractivity contribution in [1.29, 1.82) is 0 Å². The van der Waals surface area contributed by atoms with Gasteiger partial charge in [-0.1, -0.05) is 43.2 Å². The van der Waals surface area contributed by atoms with E-state index in [1.807, 2.05) is 23.6 Å². The van der Waals surface area contributed by atoms with Crippen LogP contribution in [0.25, 0.3) is 0 Å². The third-order valence-corrected chi connectivity index (χ3v) is 6.16. The number of hydrogen-bond acceptors (Lipinski definition) is 4. The molecule has 0 atom stereocenters. The molecular formula is C24H25N3O2S. The Labute approximate surface area is 180 Å². The van der Waals surface area contributed by atoms with E-state index in [0.29, 0.717) is 17.3 Å². The molecule has 2 aromatic carbocycles. The molecule has 30 heavy (non-hydrogen) atoms. The fourth-order valence-electron chi connectivity index (χ4n) is 3.70. The molecule has 1 aliphatic rings. The van der Waals surface area contributed by atoms with Gasteiger partial charge in [-0.3, -0.25) is 9.59 Å². The lowest BCUT2D eigenvalue weighted by atomic mass is 10.1. The number of rotatable bonds is 7. The molecule has 154 valence electrons. The Bertz CT molecular complexity index is 993. The minimum Gasteiger partial charge on any atom is -0.349 e. The minimum absolute atomic E-state index is 0.0480. The van der Waals surface area contributed by atoms with Gasteiger partial charge in [-0.2, -0.15) is 0 Å². The maximum Gasteiger partial charge on any atom is 0.251 e. The molecule has 3 aromatic rings. The number of anilines is 1. The van der Waals surface area contributed by atoms with Crippen LogP contribution in [-0.4, -0.2) is 22.8 Å². The van der Waals surface area contributed by atoms with Gasteiger partial charge in [-0.05, 0) is 42.7 Å². The van der Waals surface area contributed by atoms with E-state index in [-0.39, 0.29) is 18.2 Å². The van der Waals surface area contributed by atoms with Crippen molar-refractivity contribution in [2.75, 3.05) is 5.32 Å². The first-order valence-electron chi connectivity index (χ1n) is 10.3. The van der Waals surface area contributed by atoms with Crippen molar-refractivity contribution in [2.24, 2.45) is 0 Å². The molecule has 1 saturated carbocycles. The Morgan fingerprint density at radius 1 is 1.00 bits per heavy atom. The number of benzene rings is 2. The van der Waals surface area contributed by atoms with Crippen LogP contribution >= 0.6 is 11.3 Å². The highest BCUT2D eigenvalue weighted by molar-refractivity contribution is 7.09. The fraction of sp³-hybridized carbons (Fsp3) is 0.292. The highest BCUT2D eigenvalue weighted by atomic mass is 32.1. The van der Waals surface area contributed by atoms with Crippen molar-refractivity contribution >= 4 is 28.8 Å². The molecule has 6 heteroatoms. The molecule has 1 fully saturated rings. The standard InChI is InChI=1S/C24H25N3O2S/c28-22(15-21-16-30-23(26-21)14-17-6-2-1-3-7-17)25-20-12-10-18(11-13-20)24(29)27-19-8-4-5-9-19/h1-3,6-7,10-13,16,19H,4-5,8-9,14-15H2,(H,25,28)(H,27,29). The van der Waals surface area contributed by atoms with E-state index in [9.17, 15) is 9.59 Å². The summed E-state index contributed by atoms with van der Waals surface area (Å²) in [4.78, 5) is 29.3. The number of aromatic nitrogens is 1. The SMILES string of the molecule is O=C(Cc1csc(Cc2ccccc2)n1)Nc1ccc(C(=O)NC2CCCC2)cc1. The Kier molecular flexibility index (Phi) is 6.54. The number of carbonyl (C=O) groups is 2. The van der Waals surface area contributed by atoms with Crippen molar-refractivity contribution in [1.82, 2.24) is 10.3 Å². The van der Waals surface area contributed by atoms with Crippen LogP contribution in [0.4, 0.5) is 5.69 Å². The molecule has 0 unspecified atom stereocenters. The van der Waals surface area contributed by atoms with Crippen LogP contribution in [-0.2, 0) is 17.6 Å². The second kappa shape index (κ2) is 9.67. The largest absolute Gasteiger partial charge is 0.349 e. The molecule has 2 amide bonds. The van der Waals surface area contributed by atoms with Crippen molar-refractivity contribution in [3.05, 3.63) is 81.8 Å². The smallest absolute Gasteiger partial charge is 0.251 e. The molecule has 0 aliphatic heterocycles. The fourth-order valence-corrected chi connectivity index (χ4v) is 4.52. The highest BCUT2D eigenvalue weighted by Crippen LogP contribution is 2.19. The summed E-state index contributed by atoms with van der Waals surface area (Å²) in [6.45, 7) is 0. The summed E-state index contributed by atoms with van der Waals surface area (Å²) in [5.74, 6) is -0.164. The molecule has 0 spiro atoms. The zero-order valence-electron chi connectivity index (χ0n) is 16.8. The number of thiazole rings is 1. The molecular weight excluding hydrogens is 394 g/mol. The van der Waals surface area contributed by atoms with E-state index in [2.05, 4.69) is 27.8 Å². The number of hydrogen-bond donors (Lipinski definition) is 2. The van der Waals surface area contributed by atoms with Gasteiger partial charge in [-0.25, -0.2) is 4.98 Å². The quantitative estimate of drug-likeness (QED) is 0.588. The Morgan fingerprint density at radius 2 is 1.73 bits per heavy atom. The second-order valence-corrected chi connectivity index (χ2v) is 8.59. The first-order chi connectivity index (χ1) is 14.7. The Balaban J connectivity index is 1.28. The van der Waals surface area contributed by atoms with Crippen LogP contribution in [0.5, 0.6) is 0 Å². The lowest BCUT2D eigenvalue weighted by Crippen LogP contribution is -2.32. The molecule has 2 N–H and O–H groups in total. The van der Waals surface area contributed by atoms with Crippen LogP contribution in [0.2, 0.25) is 0 Å². The summed E-state index contributed by atoms with van der Waals surface area (Å²) < 4.78 is 0. The van der Waals surface area contributed by atoms with E-state index >= 15 is 0 Å². The molecule has 0 bridgehead atoms. The maximum absolute atomic E-state index is 12.4. The highest BCUT2D eigenvalue weighted by Gasteiger charge is 2.18. The zero-order chi connectivity index (χ0) is 20.8. The van der Waals surface area contributed by atoms with Crippen LogP contribution in [0.1, 0.15) is 52.3 Å². The van der Waals surface area contributed by atoms with E-state index in [1.165, 1.54) is 18.4 Å². The first kappa shape index (κ1) is 20.3. The van der Waals surface area contributed by atoms with Crippen molar-refractivity contribution in [3.63, 3.8) is 0 Å². The summed E-state index contributed by atoms with van der Waals surface area (Å²) in [5, 5.41) is 8.90. The number of amides is 2. The monoisotopic (exact) mass is 419 g/mol. The predicted molar refractivity (Wildman–Crippen MR) is 120 cm³/mol. The van der Waals surface area contributed by atoms with Gasteiger partial charge in [0.2, 0.25) is 5.91 Å². The average molecular weight is 420 g/mol. The van der Waals surface area contributed by atoms with E-state index in [4.69, 9.17) is 0 Å². The molecule has 1 aromatic heterocycles. The predicted octanol–water partition coefficient (Wildman–Crippen LogP) is 4.59. The Hall–Kier alpha value is -2.99. The van der Waals surface area contributed by atoms with Crippen molar-refractivity contribution < 1.29 is 9.59 Å². The summed E-state index contributed by atoms with van der Waals surface area (Å²) in [7, 11) is 0. The van der Waals surface area contributed by atoms with E-state index in [0.717, 1.165) is 30.0 Å². The van der Waals surface area contributed by atoms with Crippen LogP contribution in [0, 0.1) is 0 Å². The van der Waals surface area contributed by atoms with Crippen molar-refractivity contribution in [3.8, 4) is 0 Å². The van der Waals surface area contributed by atoms with Gasteiger partial charge in [-0.15, -0.1) is 11.3 Å². The van der Waals surface area contributed by atoms with Crippen LogP contribution in [0.15, 0.2) is 60.0 Å². The molecule has 4 rings (SSSR count).